The van der Waals surface area contributed by atoms with Crippen LogP contribution in [0.25, 0.3) is 0 Å². The van der Waals surface area contributed by atoms with E-state index in [1.165, 1.54) is 18.7 Å². The van der Waals surface area contributed by atoms with Gasteiger partial charge < -0.3 is 5.11 Å². The highest BCUT2D eigenvalue weighted by Crippen LogP contribution is 2.26. The van der Waals surface area contributed by atoms with Gasteiger partial charge in [0.2, 0.25) is 5.92 Å². The number of rotatable bonds is 8. The van der Waals surface area contributed by atoms with Crippen LogP contribution in [0.1, 0.15) is 39.5 Å². The molecule has 0 aliphatic carbocycles. The Morgan fingerprint density at radius 1 is 1.47 bits per heavy atom. The molecular formula is C10H18F2O2S. The van der Waals surface area contributed by atoms with Gasteiger partial charge in [-0.3, -0.25) is 4.79 Å². The smallest absolute Gasteiger partial charge is 0.316 e. The zero-order chi connectivity index (χ0) is 11.9. The van der Waals surface area contributed by atoms with E-state index in [1.807, 2.05) is 0 Å². The predicted molar refractivity (Wildman–Crippen MR) is 58.6 cm³/mol. The summed E-state index contributed by atoms with van der Waals surface area (Å²) >= 11 is 1.25. The van der Waals surface area contributed by atoms with Gasteiger partial charge in [0.15, 0.2) is 0 Å². The van der Waals surface area contributed by atoms with Crippen LogP contribution in [0.4, 0.5) is 8.78 Å². The molecule has 0 radical (unpaired) electrons. The van der Waals surface area contributed by atoms with E-state index in [9.17, 15) is 13.6 Å². The molecule has 0 bridgehead atoms. The Bertz CT molecular complexity index is 198. The van der Waals surface area contributed by atoms with E-state index >= 15 is 0 Å². The van der Waals surface area contributed by atoms with Gasteiger partial charge in [-0.15, -0.1) is 11.8 Å². The summed E-state index contributed by atoms with van der Waals surface area (Å²) in [6.07, 6.45) is 0.611. The van der Waals surface area contributed by atoms with Crippen LogP contribution in [0.3, 0.4) is 0 Å². The highest BCUT2D eigenvalue weighted by molar-refractivity contribution is 8.00. The number of halogens is 2. The summed E-state index contributed by atoms with van der Waals surface area (Å²) < 4.78 is 25.6. The molecule has 0 saturated heterocycles. The van der Waals surface area contributed by atoms with E-state index in [0.29, 0.717) is 18.6 Å². The summed E-state index contributed by atoms with van der Waals surface area (Å²) in [5.74, 6) is -2.96. The van der Waals surface area contributed by atoms with Gasteiger partial charge >= 0.3 is 5.97 Å². The summed E-state index contributed by atoms with van der Waals surface area (Å²) in [6, 6.07) is 0. The fraction of sp³-hybridized carbons (Fsp3) is 0.900. The van der Waals surface area contributed by atoms with E-state index in [4.69, 9.17) is 5.11 Å². The van der Waals surface area contributed by atoms with Gasteiger partial charge in [-0.05, 0) is 18.6 Å². The van der Waals surface area contributed by atoms with Crippen molar-refractivity contribution in [3.63, 3.8) is 0 Å². The molecule has 0 aliphatic rings. The first-order chi connectivity index (χ1) is 6.93. The zero-order valence-corrected chi connectivity index (χ0v) is 9.95. The van der Waals surface area contributed by atoms with Crippen molar-refractivity contribution >= 4 is 17.7 Å². The second-order valence-corrected chi connectivity index (χ2v) is 4.73. The molecule has 1 unspecified atom stereocenters. The summed E-state index contributed by atoms with van der Waals surface area (Å²) in [5.41, 5.74) is 0. The molecule has 0 aromatic carbocycles. The van der Waals surface area contributed by atoms with Crippen LogP contribution in [0, 0.1) is 0 Å². The minimum atomic E-state index is -2.59. The fourth-order valence-electron chi connectivity index (χ4n) is 1.10. The van der Waals surface area contributed by atoms with E-state index in [0.717, 1.165) is 0 Å². The molecule has 1 atom stereocenters. The minimum absolute atomic E-state index is 0.145. The topological polar surface area (TPSA) is 37.3 Å². The Morgan fingerprint density at radius 3 is 2.47 bits per heavy atom. The lowest BCUT2D eigenvalue weighted by molar-refractivity contribution is -0.136. The van der Waals surface area contributed by atoms with Crippen molar-refractivity contribution in [3.8, 4) is 0 Å². The number of carbonyl (C=O) groups is 1. The first-order valence-corrected chi connectivity index (χ1v) is 6.20. The van der Waals surface area contributed by atoms with Gasteiger partial charge in [0, 0.05) is 12.8 Å². The van der Waals surface area contributed by atoms with Crippen molar-refractivity contribution in [2.45, 2.75) is 50.7 Å². The molecule has 15 heavy (non-hydrogen) atoms. The second kappa shape index (κ2) is 7.04. The van der Waals surface area contributed by atoms with Crippen LogP contribution >= 0.6 is 11.8 Å². The number of alkyl halides is 2. The van der Waals surface area contributed by atoms with Crippen LogP contribution in [-0.4, -0.2) is 28.0 Å². The maximum Gasteiger partial charge on any atom is 0.316 e. The molecule has 0 amide bonds. The SMILES string of the molecule is CCC(SCCCC(F)(F)CC)C(=O)O. The van der Waals surface area contributed by atoms with Gasteiger partial charge in [-0.25, -0.2) is 8.78 Å². The number of hydrogen-bond donors (Lipinski definition) is 1. The van der Waals surface area contributed by atoms with Crippen molar-refractivity contribution < 1.29 is 18.7 Å². The Hall–Kier alpha value is -0.320. The van der Waals surface area contributed by atoms with Crippen molar-refractivity contribution in [2.75, 3.05) is 5.75 Å². The third kappa shape index (κ3) is 6.71. The van der Waals surface area contributed by atoms with Crippen LogP contribution in [-0.2, 0) is 4.79 Å². The Morgan fingerprint density at radius 2 is 2.07 bits per heavy atom. The third-order valence-electron chi connectivity index (χ3n) is 2.17. The average Bonchev–Trinajstić information content (AvgIpc) is 2.17. The Balaban J connectivity index is 3.66. The average molecular weight is 240 g/mol. The highest BCUT2D eigenvalue weighted by Gasteiger charge is 2.25. The van der Waals surface area contributed by atoms with E-state index in [-0.39, 0.29) is 12.8 Å². The molecule has 0 aromatic heterocycles. The summed E-state index contributed by atoms with van der Waals surface area (Å²) in [5, 5.41) is 8.25. The number of carboxylic acid groups (broad SMARTS) is 1. The van der Waals surface area contributed by atoms with E-state index in [1.54, 1.807) is 6.92 Å². The maximum atomic E-state index is 12.8. The van der Waals surface area contributed by atoms with Gasteiger partial charge in [-0.2, -0.15) is 0 Å². The normalized spacial score (nSPS) is 13.9. The van der Waals surface area contributed by atoms with Crippen LogP contribution in [0.5, 0.6) is 0 Å². The molecule has 0 rings (SSSR count). The van der Waals surface area contributed by atoms with Gasteiger partial charge in [0.25, 0.3) is 0 Å². The molecule has 0 saturated carbocycles. The van der Waals surface area contributed by atoms with Crippen LogP contribution < -0.4 is 0 Å². The second-order valence-electron chi connectivity index (χ2n) is 3.42. The minimum Gasteiger partial charge on any atom is -0.480 e. The number of carboxylic acids is 1. The highest BCUT2D eigenvalue weighted by atomic mass is 32.2. The largest absolute Gasteiger partial charge is 0.480 e. The van der Waals surface area contributed by atoms with Gasteiger partial charge in [-0.1, -0.05) is 13.8 Å². The van der Waals surface area contributed by atoms with Crippen LogP contribution in [0.15, 0.2) is 0 Å². The molecule has 5 heteroatoms. The number of thioether (sulfide) groups is 1. The molecule has 0 heterocycles. The van der Waals surface area contributed by atoms with Crippen molar-refractivity contribution in [1.29, 1.82) is 0 Å². The lowest BCUT2D eigenvalue weighted by Crippen LogP contribution is -2.17. The fourth-order valence-corrected chi connectivity index (χ4v) is 2.07. The molecule has 2 nitrogen and oxygen atoms in total. The third-order valence-corrected chi connectivity index (χ3v) is 3.63. The van der Waals surface area contributed by atoms with Gasteiger partial charge in [0.05, 0.1) is 0 Å². The summed E-state index contributed by atoms with van der Waals surface area (Å²) in [7, 11) is 0. The van der Waals surface area contributed by atoms with Crippen molar-refractivity contribution in [1.82, 2.24) is 0 Å². The first kappa shape index (κ1) is 14.7. The molecule has 0 aromatic rings. The lowest BCUT2D eigenvalue weighted by Gasteiger charge is -2.14. The summed E-state index contributed by atoms with van der Waals surface area (Å²) in [6.45, 7) is 3.24. The molecule has 90 valence electrons. The lowest BCUT2D eigenvalue weighted by atomic mass is 10.1. The molecule has 0 aliphatic heterocycles. The van der Waals surface area contributed by atoms with Crippen molar-refractivity contribution in [3.05, 3.63) is 0 Å². The van der Waals surface area contributed by atoms with E-state index < -0.39 is 17.1 Å². The molecular weight excluding hydrogens is 222 g/mol. The molecule has 1 N–H and O–H groups in total. The van der Waals surface area contributed by atoms with Gasteiger partial charge in [0.1, 0.15) is 5.25 Å². The molecule has 0 spiro atoms. The number of hydrogen-bond acceptors (Lipinski definition) is 2. The Kier molecular flexibility index (Phi) is 6.89. The monoisotopic (exact) mass is 240 g/mol. The standard InChI is InChI=1S/C10H18F2O2S/c1-3-8(9(13)14)15-7-5-6-10(11,12)4-2/h8H,3-7H2,1-2H3,(H,13,14). The van der Waals surface area contributed by atoms with Crippen molar-refractivity contribution in [2.24, 2.45) is 0 Å². The Labute approximate surface area is 93.4 Å². The quantitative estimate of drug-likeness (QED) is 0.661. The maximum absolute atomic E-state index is 12.8. The zero-order valence-electron chi connectivity index (χ0n) is 9.13. The summed E-state index contributed by atoms with van der Waals surface area (Å²) in [4.78, 5) is 10.6. The predicted octanol–water partition coefficient (Wildman–Crippen LogP) is 3.41. The van der Waals surface area contributed by atoms with Crippen LogP contribution in [0.2, 0.25) is 0 Å². The van der Waals surface area contributed by atoms with E-state index in [2.05, 4.69) is 0 Å². The first-order valence-electron chi connectivity index (χ1n) is 5.15. The molecule has 0 fully saturated rings. The number of aliphatic carboxylic acids is 1.